The summed E-state index contributed by atoms with van der Waals surface area (Å²) in [5, 5.41) is 0. The fourth-order valence-corrected chi connectivity index (χ4v) is 2.98. The van der Waals surface area contributed by atoms with E-state index in [9.17, 15) is 0 Å². The fraction of sp³-hybridized carbons (Fsp3) is 1.00. The molecule has 0 bridgehead atoms. The van der Waals surface area contributed by atoms with Gasteiger partial charge in [-0.25, -0.2) is 0 Å². The Morgan fingerprint density at radius 2 is 0.947 bits per heavy atom. The number of hydrogen-bond acceptors (Lipinski definition) is 0. The van der Waals surface area contributed by atoms with E-state index in [0.29, 0.717) is 0 Å². The van der Waals surface area contributed by atoms with Crippen molar-refractivity contribution in [1.82, 2.24) is 0 Å². The van der Waals surface area contributed by atoms with Crippen LogP contribution in [0.15, 0.2) is 0 Å². The van der Waals surface area contributed by atoms with Gasteiger partial charge >= 0.3 is 0 Å². The zero-order valence-electron chi connectivity index (χ0n) is 14.2. The average Bonchev–Trinajstić information content (AvgIpc) is 2.96. The highest BCUT2D eigenvalue weighted by Crippen LogP contribution is 2.26. The van der Waals surface area contributed by atoms with Crippen molar-refractivity contribution in [2.45, 2.75) is 117 Å². The second kappa shape index (κ2) is 16.1. The minimum Gasteiger partial charge on any atom is -0.0654 e. The van der Waals surface area contributed by atoms with Gasteiger partial charge in [-0.3, -0.25) is 0 Å². The summed E-state index contributed by atoms with van der Waals surface area (Å²) in [5.41, 5.74) is 0. The molecule has 116 valence electrons. The van der Waals surface area contributed by atoms with Crippen LogP contribution in [0.1, 0.15) is 117 Å². The van der Waals surface area contributed by atoms with Crippen LogP contribution in [0, 0.1) is 5.92 Å². The molecule has 19 heavy (non-hydrogen) atoms. The Labute approximate surface area is 123 Å². The molecule has 0 atom stereocenters. The smallest absolute Gasteiger partial charge is 0.0417 e. The van der Waals surface area contributed by atoms with Gasteiger partial charge in [0.15, 0.2) is 0 Å². The SMILES string of the molecule is CCC1CCCC1.CCCCCCCCCCCC. The zero-order chi connectivity index (χ0) is 14.2. The molecule has 0 N–H and O–H groups in total. The number of unbranched alkanes of at least 4 members (excludes halogenated alkanes) is 9. The second-order valence-corrected chi connectivity index (χ2v) is 6.39. The first-order valence-corrected chi connectivity index (χ1v) is 9.35. The summed E-state index contributed by atoms with van der Waals surface area (Å²) < 4.78 is 0. The molecule has 0 heterocycles. The van der Waals surface area contributed by atoms with Crippen LogP contribution in [0.5, 0.6) is 0 Å². The Morgan fingerprint density at radius 1 is 0.579 bits per heavy atom. The van der Waals surface area contributed by atoms with Crippen molar-refractivity contribution in [3.8, 4) is 0 Å². The zero-order valence-corrected chi connectivity index (χ0v) is 14.2. The molecule has 0 spiro atoms. The highest BCUT2D eigenvalue weighted by molar-refractivity contribution is 4.64. The monoisotopic (exact) mass is 268 g/mol. The van der Waals surface area contributed by atoms with Crippen molar-refractivity contribution in [2.75, 3.05) is 0 Å². The summed E-state index contributed by atoms with van der Waals surface area (Å²) in [4.78, 5) is 0. The molecule has 0 amide bonds. The lowest BCUT2D eigenvalue weighted by molar-refractivity contribution is 0.531. The van der Waals surface area contributed by atoms with Gasteiger partial charge in [0.1, 0.15) is 0 Å². The van der Waals surface area contributed by atoms with Crippen LogP contribution in [-0.4, -0.2) is 0 Å². The normalized spacial score (nSPS) is 15.3. The molecule has 0 aromatic rings. The first-order valence-electron chi connectivity index (χ1n) is 9.35. The van der Waals surface area contributed by atoms with Crippen molar-refractivity contribution < 1.29 is 0 Å². The summed E-state index contributed by atoms with van der Waals surface area (Å²) in [6.45, 7) is 6.86. The van der Waals surface area contributed by atoms with E-state index in [1.807, 2.05) is 0 Å². The summed E-state index contributed by atoms with van der Waals surface area (Å²) in [7, 11) is 0. The van der Waals surface area contributed by atoms with Crippen LogP contribution in [0.3, 0.4) is 0 Å². The van der Waals surface area contributed by atoms with Gasteiger partial charge in [0, 0.05) is 0 Å². The molecule has 0 nitrogen and oxygen atoms in total. The third-order valence-electron chi connectivity index (χ3n) is 4.51. The summed E-state index contributed by atoms with van der Waals surface area (Å²) in [5.74, 6) is 1.10. The number of hydrogen-bond donors (Lipinski definition) is 0. The Hall–Kier alpha value is 0. The van der Waals surface area contributed by atoms with Crippen molar-refractivity contribution in [1.29, 1.82) is 0 Å². The van der Waals surface area contributed by atoms with Crippen LogP contribution in [-0.2, 0) is 0 Å². The minimum atomic E-state index is 1.10. The lowest BCUT2D eigenvalue weighted by Gasteiger charge is -1.99. The maximum absolute atomic E-state index is 2.30. The maximum Gasteiger partial charge on any atom is -0.0417 e. The second-order valence-electron chi connectivity index (χ2n) is 6.39. The van der Waals surface area contributed by atoms with E-state index < -0.39 is 0 Å². The van der Waals surface area contributed by atoms with Gasteiger partial charge in [0.2, 0.25) is 0 Å². The van der Waals surface area contributed by atoms with Gasteiger partial charge in [0.25, 0.3) is 0 Å². The van der Waals surface area contributed by atoms with E-state index in [1.54, 1.807) is 0 Å². The highest BCUT2D eigenvalue weighted by atomic mass is 14.2. The minimum absolute atomic E-state index is 1.10. The molecule has 0 heteroatoms. The Kier molecular flexibility index (Phi) is 16.1. The van der Waals surface area contributed by atoms with Crippen LogP contribution in [0.25, 0.3) is 0 Å². The quantitative estimate of drug-likeness (QED) is 0.359. The van der Waals surface area contributed by atoms with Gasteiger partial charge in [-0.1, -0.05) is 117 Å². The van der Waals surface area contributed by atoms with Gasteiger partial charge in [-0.15, -0.1) is 0 Å². The molecule has 1 saturated carbocycles. The molecule has 0 radical (unpaired) electrons. The highest BCUT2D eigenvalue weighted by Gasteiger charge is 2.11. The Balaban J connectivity index is 0.000000388. The fourth-order valence-electron chi connectivity index (χ4n) is 2.98. The molecule has 0 aliphatic heterocycles. The van der Waals surface area contributed by atoms with Crippen molar-refractivity contribution >= 4 is 0 Å². The average molecular weight is 269 g/mol. The number of rotatable bonds is 10. The Morgan fingerprint density at radius 3 is 1.21 bits per heavy atom. The van der Waals surface area contributed by atoms with E-state index >= 15 is 0 Å². The van der Waals surface area contributed by atoms with E-state index in [1.165, 1.54) is 96.3 Å². The topological polar surface area (TPSA) is 0 Å². The van der Waals surface area contributed by atoms with Crippen molar-refractivity contribution in [3.05, 3.63) is 0 Å². The van der Waals surface area contributed by atoms with Gasteiger partial charge < -0.3 is 0 Å². The molecule has 1 fully saturated rings. The van der Waals surface area contributed by atoms with Crippen molar-refractivity contribution in [2.24, 2.45) is 5.92 Å². The summed E-state index contributed by atoms with van der Waals surface area (Å²) in [6, 6.07) is 0. The van der Waals surface area contributed by atoms with E-state index in [-0.39, 0.29) is 0 Å². The molecule has 0 saturated heterocycles. The Bertz CT molecular complexity index is 134. The van der Waals surface area contributed by atoms with Crippen molar-refractivity contribution in [3.63, 3.8) is 0 Å². The van der Waals surface area contributed by atoms with Gasteiger partial charge in [-0.2, -0.15) is 0 Å². The molecule has 0 unspecified atom stereocenters. The van der Waals surface area contributed by atoms with Gasteiger partial charge in [0.05, 0.1) is 0 Å². The molecule has 1 aliphatic carbocycles. The third-order valence-corrected chi connectivity index (χ3v) is 4.51. The van der Waals surface area contributed by atoms with Crippen LogP contribution in [0.2, 0.25) is 0 Å². The lowest BCUT2D eigenvalue weighted by atomic mass is 10.1. The van der Waals surface area contributed by atoms with Gasteiger partial charge in [-0.05, 0) is 5.92 Å². The van der Waals surface area contributed by atoms with E-state index in [2.05, 4.69) is 20.8 Å². The van der Waals surface area contributed by atoms with Crippen LogP contribution < -0.4 is 0 Å². The molecule has 0 aromatic carbocycles. The van der Waals surface area contributed by atoms with Crippen LogP contribution in [0.4, 0.5) is 0 Å². The molecule has 1 aliphatic rings. The largest absolute Gasteiger partial charge is 0.0654 e. The summed E-state index contributed by atoms with van der Waals surface area (Å²) >= 11 is 0. The first-order chi connectivity index (χ1) is 9.35. The predicted molar refractivity (Wildman–Crippen MR) is 89.8 cm³/mol. The first kappa shape index (κ1) is 19.0. The summed E-state index contributed by atoms with van der Waals surface area (Å²) in [6.07, 6.45) is 21.9. The molecular weight excluding hydrogens is 228 g/mol. The third kappa shape index (κ3) is 14.2. The predicted octanol–water partition coefficient (Wildman–Crippen LogP) is 7.51. The van der Waals surface area contributed by atoms with E-state index in [4.69, 9.17) is 0 Å². The molecular formula is C19H40. The van der Waals surface area contributed by atoms with Crippen LogP contribution >= 0.6 is 0 Å². The molecule has 1 rings (SSSR count). The standard InChI is InChI=1S/C12H26.C7H14/c1-3-5-7-9-11-12-10-8-6-4-2;1-2-7-5-3-4-6-7/h3-12H2,1-2H3;7H,2-6H2,1H3. The lowest BCUT2D eigenvalue weighted by Crippen LogP contribution is -1.86. The maximum atomic E-state index is 2.30. The van der Waals surface area contributed by atoms with E-state index in [0.717, 1.165) is 5.92 Å². The molecule has 0 aromatic heterocycles.